The van der Waals surface area contributed by atoms with Gasteiger partial charge in [-0.05, 0) is 56.7 Å². The van der Waals surface area contributed by atoms with Crippen molar-refractivity contribution in [3.8, 4) is 0 Å². The largest absolute Gasteiger partial charge is 0.310 e. The molecule has 0 aliphatic carbocycles. The monoisotopic (exact) mass is 287 g/mol. The predicted molar refractivity (Wildman–Crippen MR) is 89.6 cm³/mol. The van der Waals surface area contributed by atoms with E-state index in [9.17, 15) is 0 Å². The van der Waals surface area contributed by atoms with Crippen molar-refractivity contribution >= 4 is 11.3 Å². The molecule has 1 unspecified atom stereocenters. The SMILES string of the molecule is CCNC(CCCc1cccs1)c1cc(C)cc(C)c1. The highest BCUT2D eigenvalue weighted by atomic mass is 32.1. The van der Waals surface area contributed by atoms with Crippen molar-refractivity contribution in [1.82, 2.24) is 5.32 Å². The van der Waals surface area contributed by atoms with Crippen molar-refractivity contribution < 1.29 is 0 Å². The minimum Gasteiger partial charge on any atom is -0.310 e. The number of nitrogens with one attached hydrogen (secondary N) is 1. The highest BCUT2D eigenvalue weighted by Crippen LogP contribution is 2.23. The summed E-state index contributed by atoms with van der Waals surface area (Å²) in [7, 11) is 0. The number of thiophene rings is 1. The summed E-state index contributed by atoms with van der Waals surface area (Å²) in [6, 6.07) is 11.8. The van der Waals surface area contributed by atoms with Crippen molar-refractivity contribution in [3.63, 3.8) is 0 Å². The molecule has 1 heterocycles. The third-order valence-corrected chi connectivity index (χ3v) is 4.53. The summed E-state index contributed by atoms with van der Waals surface area (Å²) in [6.07, 6.45) is 3.64. The fourth-order valence-electron chi connectivity index (χ4n) is 2.78. The lowest BCUT2D eigenvalue weighted by molar-refractivity contribution is 0.498. The predicted octanol–water partition coefficient (Wildman–Crippen LogP) is 5.04. The van der Waals surface area contributed by atoms with Crippen molar-refractivity contribution in [2.45, 2.75) is 46.1 Å². The van der Waals surface area contributed by atoms with E-state index in [0.717, 1.165) is 6.54 Å². The summed E-state index contributed by atoms with van der Waals surface area (Å²) >= 11 is 1.87. The first kappa shape index (κ1) is 15.3. The highest BCUT2D eigenvalue weighted by Gasteiger charge is 2.11. The molecule has 1 atom stereocenters. The average Bonchev–Trinajstić information content (AvgIpc) is 2.89. The lowest BCUT2D eigenvalue weighted by atomic mass is 9.97. The summed E-state index contributed by atoms with van der Waals surface area (Å²) in [5.74, 6) is 0. The van der Waals surface area contributed by atoms with Crippen LogP contribution in [0.15, 0.2) is 35.7 Å². The number of hydrogen-bond acceptors (Lipinski definition) is 2. The standard InChI is InChI=1S/C18H25NS/c1-4-19-18(9-5-7-17-8-6-10-20-17)16-12-14(2)11-15(3)13-16/h6,8,10-13,18-19H,4-5,7,9H2,1-3H3. The third-order valence-electron chi connectivity index (χ3n) is 3.59. The van der Waals surface area contributed by atoms with Crippen LogP contribution in [-0.2, 0) is 6.42 Å². The van der Waals surface area contributed by atoms with Gasteiger partial charge in [-0.1, -0.05) is 42.3 Å². The number of aryl methyl sites for hydroxylation is 3. The van der Waals surface area contributed by atoms with Crippen molar-refractivity contribution in [3.05, 3.63) is 57.3 Å². The molecule has 0 aliphatic rings. The third kappa shape index (κ3) is 4.46. The van der Waals surface area contributed by atoms with Crippen LogP contribution in [0.3, 0.4) is 0 Å². The van der Waals surface area contributed by atoms with Gasteiger partial charge in [-0.3, -0.25) is 0 Å². The smallest absolute Gasteiger partial charge is 0.0320 e. The molecule has 1 N–H and O–H groups in total. The Bertz CT molecular complexity index is 496. The molecule has 0 saturated heterocycles. The van der Waals surface area contributed by atoms with E-state index in [0.29, 0.717) is 6.04 Å². The van der Waals surface area contributed by atoms with E-state index in [-0.39, 0.29) is 0 Å². The Balaban J connectivity index is 1.98. The van der Waals surface area contributed by atoms with Crippen molar-refractivity contribution in [1.29, 1.82) is 0 Å². The first-order valence-electron chi connectivity index (χ1n) is 7.53. The number of rotatable bonds is 7. The highest BCUT2D eigenvalue weighted by molar-refractivity contribution is 7.09. The molecule has 0 aliphatic heterocycles. The molecule has 20 heavy (non-hydrogen) atoms. The normalized spacial score (nSPS) is 12.6. The van der Waals surface area contributed by atoms with Gasteiger partial charge in [0.15, 0.2) is 0 Å². The molecule has 2 rings (SSSR count). The van der Waals surface area contributed by atoms with Crippen molar-refractivity contribution in [2.75, 3.05) is 6.54 Å². The lowest BCUT2D eigenvalue weighted by Gasteiger charge is -2.19. The van der Waals surface area contributed by atoms with E-state index in [4.69, 9.17) is 0 Å². The Morgan fingerprint density at radius 2 is 1.90 bits per heavy atom. The molecular weight excluding hydrogens is 262 g/mol. The second kappa shape index (κ2) is 7.61. The van der Waals surface area contributed by atoms with Crippen LogP contribution in [0.25, 0.3) is 0 Å². The topological polar surface area (TPSA) is 12.0 Å². The van der Waals surface area contributed by atoms with E-state index >= 15 is 0 Å². The van der Waals surface area contributed by atoms with Gasteiger partial charge in [0, 0.05) is 10.9 Å². The number of hydrogen-bond donors (Lipinski definition) is 1. The fourth-order valence-corrected chi connectivity index (χ4v) is 3.53. The molecule has 0 spiro atoms. The number of benzene rings is 1. The quantitative estimate of drug-likeness (QED) is 0.752. The Morgan fingerprint density at radius 3 is 2.50 bits per heavy atom. The van der Waals surface area contributed by atoms with E-state index in [2.05, 4.69) is 61.8 Å². The van der Waals surface area contributed by atoms with Gasteiger partial charge < -0.3 is 5.32 Å². The Hall–Kier alpha value is -1.12. The minimum absolute atomic E-state index is 0.485. The van der Waals surface area contributed by atoms with Crippen LogP contribution < -0.4 is 5.32 Å². The lowest BCUT2D eigenvalue weighted by Crippen LogP contribution is -2.21. The van der Waals surface area contributed by atoms with Gasteiger partial charge >= 0.3 is 0 Å². The van der Waals surface area contributed by atoms with Gasteiger partial charge in [0.05, 0.1) is 0 Å². The summed E-state index contributed by atoms with van der Waals surface area (Å²) < 4.78 is 0. The summed E-state index contributed by atoms with van der Waals surface area (Å²) in [5.41, 5.74) is 4.16. The zero-order valence-electron chi connectivity index (χ0n) is 12.8. The van der Waals surface area contributed by atoms with Gasteiger partial charge in [-0.15, -0.1) is 11.3 Å². The van der Waals surface area contributed by atoms with Gasteiger partial charge in [0.25, 0.3) is 0 Å². The first-order valence-corrected chi connectivity index (χ1v) is 8.41. The van der Waals surface area contributed by atoms with Crippen LogP contribution in [0.4, 0.5) is 0 Å². The molecule has 1 nitrogen and oxygen atoms in total. The summed E-state index contributed by atoms with van der Waals surface area (Å²) in [6.45, 7) is 7.59. The average molecular weight is 287 g/mol. The van der Waals surface area contributed by atoms with Crippen LogP contribution in [-0.4, -0.2) is 6.54 Å². The second-order valence-electron chi connectivity index (χ2n) is 5.50. The van der Waals surface area contributed by atoms with E-state index in [1.165, 1.54) is 40.8 Å². The second-order valence-corrected chi connectivity index (χ2v) is 6.54. The van der Waals surface area contributed by atoms with Crippen LogP contribution in [0.2, 0.25) is 0 Å². The maximum absolute atomic E-state index is 3.64. The van der Waals surface area contributed by atoms with E-state index < -0.39 is 0 Å². The first-order chi connectivity index (χ1) is 9.69. The molecule has 0 radical (unpaired) electrons. The van der Waals surface area contributed by atoms with Gasteiger partial charge in [0.1, 0.15) is 0 Å². The van der Waals surface area contributed by atoms with Crippen LogP contribution in [0.1, 0.15) is 47.4 Å². The molecule has 0 bridgehead atoms. The zero-order valence-corrected chi connectivity index (χ0v) is 13.6. The van der Waals surface area contributed by atoms with Gasteiger partial charge in [-0.2, -0.15) is 0 Å². The molecule has 0 saturated carbocycles. The molecule has 1 aromatic heterocycles. The summed E-state index contributed by atoms with van der Waals surface area (Å²) in [4.78, 5) is 1.50. The summed E-state index contributed by atoms with van der Waals surface area (Å²) in [5, 5.41) is 5.80. The molecule has 108 valence electrons. The molecule has 0 fully saturated rings. The molecule has 2 heteroatoms. The van der Waals surface area contributed by atoms with Gasteiger partial charge in [-0.25, -0.2) is 0 Å². The maximum atomic E-state index is 3.64. The fraction of sp³-hybridized carbons (Fsp3) is 0.444. The van der Waals surface area contributed by atoms with Crippen LogP contribution >= 0.6 is 11.3 Å². The maximum Gasteiger partial charge on any atom is 0.0320 e. The van der Waals surface area contributed by atoms with E-state index in [1.54, 1.807) is 0 Å². The van der Waals surface area contributed by atoms with E-state index in [1.807, 2.05) is 11.3 Å². The Kier molecular flexibility index (Phi) is 5.81. The molecular formula is C18H25NS. The van der Waals surface area contributed by atoms with Crippen LogP contribution in [0, 0.1) is 13.8 Å². The zero-order chi connectivity index (χ0) is 14.4. The van der Waals surface area contributed by atoms with Gasteiger partial charge in [0.2, 0.25) is 0 Å². The van der Waals surface area contributed by atoms with Crippen LogP contribution in [0.5, 0.6) is 0 Å². The molecule has 2 aromatic rings. The molecule has 0 amide bonds. The molecule has 1 aromatic carbocycles. The van der Waals surface area contributed by atoms with Crippen molar-refractivity contribution in [2.24, 2.45) is 0 Å². The Morgan fingerprint density at radius 1 is 1.15 bits per heavy atom. The minimum atomic E-state index is 0.485. The Labute approximate surface area is 127 Å².